The van der Waals surface area contributed by atoms with Gasteiger partial charge in [0.1, 0.15) is 0 Å². The molecule has 16 heavy (non-hydrogen) atoms. The molecule has 4 heteroatoms. The Labute approximate surface area is 101 Å². The maximum Gasteiger partial charge on any atom is 0.0795 e. The van der Waals surface area contributed by atoms with Crippen LogP contribution >= 0.6 is 11.3 Å². The van der Waals surface area contributed by atoms with E-state index < -0.39 is 0 Å². The van der Waals surface area contributed by atoms with E-state index >= 15 is 0 Å². The van der Waals surface area contributed by atoms with E-state index in [1.54, 1.807) is 11.3 Å². The highest BCUT2D eigenvalue weighted by Crippen LogP contribution is 2.31. The zero-order chi connectivity index (χ0) is 11.4. The molecule has 3 nitrogen and oxygen atoms in total. The van der Waals surface area contributed by atoms with Crippen molar-refractivity contribution < 1.29 is 5.11 Å². The van der Waals surface area contributed by atoms with Crippen molar-refractivity contribution in [2.75, 3.05) is 13.2 Å². The Bertz CT molecular complexity index is 302. The van der Waals surface area contributed by atoms with Gasteiger partial charge in [-0.15, -0.1) is 11.3 Å². The molecule has 90 valence electrons. The Kier molecular flexibility index (Phi) is 4.32. The highest BCUT2D eigenvalue weighted by molar-refractivity contribution is 7.07. The minimum absolute atomic E-state index is 0.325. The van der Waals surface area contributed by atoms with E-state index in [0.29, 0.717) is 24.5 Å². The summed E-state index contributed by atoms with van der Waals surface area (Å²) in [6.07, 6.45) is 3.71. The minimum Gasteiger partial charge on any atom is -0.396 e. The lowest BCUT2D eigenvalue weighted by Gasteiger charge is -2.20. The Morgan fingerprint density at radius 3 is 3.06 bits per heavy atom. The number of aliphatic hydroxyl groups is 1. The Morgan fingerprint density at radius 2 is 2.38 bits per heavy atom. The normalized spacial score (nSPS) is 27.1. The van der Waals surface area contributed by atoms with E-state index in [0.717, 1.165) is 12.2 Å². The van der Waals surface area contributed by atoms with Crippen molar-refractivity contribution in [1.29, 1.82) is 0 Å². The van der Waals surface area contributed by atoms with Gasteiger partial charge in [0.15, 0.2) is 0 Å². The smallest absolute Gasteiger partial charge is 0.0795 e. The number of aliphatic hydroxyl groups excluding tert-OH is 1. The van der Waals surface area contributed by atoms with Crippen LogP contribution in [0.5, 0.6) is 0 Å². The van der Waals surface area contributed by atoms with E-state index in [1.807, 2.05) is 5.51 Å². The van der Waals surface area contributed by atoms with Crippen molar-refractivity contribution in [3.63, 3.8) is 0 Å². The summed E-state index contributed by atoms with van der Waals surface area (Å²) in [4.78, 5) is 4.31. The third-order valence-electron chi connectivity index (χ3n) is 3.63. The Balaban J connectivity index is 1.78. The van der Waals surface area contributed by atoms with E-state index in [2.05, 4.69) is 22.6 Å². The van der Waals surface area contributed by atoms with Crippen molar-refractivity contribution in [1.82, 2.24) is 10.3 Å². The molecule has 2 N–H and O–H groups in total. The first-order valence-electron chi connectivity index (χ1n) is 6.03. The third-order valence-corrected chi connectivity index (χ3v) is 4.24. The van der Waals surface area contributed by atoms with Gasteiger partial charge in [-0.05, 0) is 38.1 Å². The molecule has 1 fully saturated rings. The fourth-order valence-electron chi connectivity index (χ4n) is 2.49. The quantitative estimate of drug-likeness (QED) is 0.829. The topological polar surface area (TPSA) is 45.1 Å². The van der Waals surface area contributed by atoms with Crippen LogP contribution in [-0.2, 0) is 0 Å². The minimum atomic E-state index is 0.325. The molecule has 0 radical (unpaired) electrons. The zero-order valence-electron chi connectivity index (χ0n) is 9.72. The number of aromatic nitrogens is 1. The molecule has 0 saturated heterocycles. The molecule has 1 aromatic rings. The van der Waals surface area contributed by atoms with Crippen molar-refractivity contribution in [3.05, 3.63) is 16.6 Å². The largest absolute Gasteiger partial charge is 0.396 e. The molecule has 0 spiro atoms. The second-order valence-electron chi connectivity index (χ2n) is 4.68. The molecule has 1 aromatic heterocycles. The Morgan fingerprint density at radius 1 is 1.56 bits per heavy atom. The van der Waals surface area contributed by atoms with Gasteiger partial charge < -0.3 is 10.4 Å². The Hall–Kier alpha value is -0.450. The first-order valence-corrected chi connectivity index (χ1v) is 6.98. The highest BCUT2D eigenvalue weighted by Gasteiger charge is 2.26. The van der Waals surface area contributed by atoms with E-state index in [4.69, 9.17) is 0 Å². The first-order chi connectivity index (χ1) is 7.81. The maximum absolute atomic E-state index is 9.25. The highest BCUT2D eigenvalue weighted by atomic mass is 32.1. The molecule has 1 aliphatic rings. The van der Waals surface area contributed by atoms with Crippen LogP contribution in [0.3, 0.4) is 0 Å². The molecule has 0 aromatic carbocycles. The lowest BCUT2D eigenvalue weighted by Crippen LogP contribution is -2.29. The summed E-state index contributed by atoms with van der Waals surface area (Å²) in [5.74, 6) is 1.15. The predicted molar refractivity (Wildman–Crippen MR) is 66.4 cm³/mol. The van der Waals surface area contributed by atoms with Crippen LogP contribution in [-0.4, -0.2) is 23.2 Å². The van der Waals surface area contributed by atoms with Crippen molar-refractivity contribution in [2.45, 2.75) is 32.2 Å². The van der Waals surface area contributed by atoms with Gasteiger partial charge in [0.2, 0.25) is 0 Å². The number of hydrogen-bond acceptors (Lipinski definition) is 4. The second-order valence-corrected chi connectivity index (χ2v) is 5.40. The predicted octanol–water partition coefficient (Wildman–Crippen LogP) is 2.20. The summed E-state index contributed by atoms with van der Waals surface area (Å²) in [5.41, 5.74) is 3.00. The number of rotatable bonds is 5. The lowest BCUT2D eigenvalue weighted by atomic mass is 9.96. The standard InChI is InChI=1S/C12H20N2OS/c1-9(12-7-16-8-14-12)13-5-10-3-2-4-11(10)6-15/h7-11,13,15H,2-6H2,1H3. The number of nitrogens with one attached hydrogen (secondary N) is 1. The van der Waals surface area contributed by atoms with Crippen molar-refractivity contribution >= 4 is 11.3 Å². The molecule has 0 amide bonds. The SMILES string of the molecule is CC(NCC1CCCC1CO)c1cscn1. The summed E-state index contributed by atoms with van der Waals surface area (Å²) >= 11 is 1.64. The summed E-state index contributed by atoms with van der Waals surface area (Å²) in [6, 6.07) is 0.325. The van der Waals surface area contributed by atoms with Crippen LogP contribution in [0.4, 0.5) is 0 Å². The van der Waals surface area contributed by atoms with Crippen LogP contribution in [0.1, 0.15) is 37.9 Å². The van der Waals surface area contributed by atoms with Gasteiger partial charge in [0.05, 0.1) is 11.2 Å². The first kappa shape index (κ1) is 12.0. The summed E-state index contributed by atoms with van der Waals surface area (Å²) in [6.45, 7) is 3.50. The maximum atomic E-state index is 9.25. The van der Waals surface area contributed by atoms with Crippen molar-refractivity contribution in [3.8, 4) is 0 Å². The van der Waals surface area contributed by atoms with Crippen LogP contribution in [0.15, 0.2) is 10.9 Å². The molecule has 3 atom stereocenters. The van der Waals surface area contributed by atoms with Gasteiger partial charge in [0, 0.05) is 18.0 Å². The molecule has 3 unspecified atom stereocenters. The van der Waals surface area contributed by atoms with Gasteiger partial charge in [-0.1, -0.05) is 6.42 Å². The van der Waals surface area contributed by atoms with E-state index in [9.17, 15) is 5.11 Å². The lowest BCUT2D eigenvalue weighted by molar-refractivity contribution is 0.190. The van der Waals surface area contributed by atoms with Gasteiger partial charge in [-0.3, -0.25) is 0 Å². The van der Waals surface area contributed by atoms with E-state index in [-0.39, 0.29) is 0 Å². The van der Waals surface area contributed by atoms with E-state index in [1.165, 1.54) is 19.3 Å². The number of thiazole rings is 1. The van der Waals surface area contributed by atoms with Gasteiger partial charge in [-0.25, -0.2) is 4.98 Å². The average molecular weight is 240 g/mol. The summed E-state index contributed by atoms with van der Waals surface area (Å²) < 4.78 is 0. The molecular formula is C12H20N2OS. The molecule has 2 rings (SSSR count). The fourth-order valence-corrected chi connectivity index (χ4v) is 3.14. The summed E-state index contributed by atoms with van der Waals surface area (Å²) in [7, 11) is 0. The zero-order valence-corrected chi connectivity index (χ0v) is 10.5. The average Bonchev–Trinajstić information content (AvgIpc) is 2.96. The molecular weight excluding hydrogens is 220 g/mol. The number of nitrogens with zero attached hydrogens (tertiary/aromatic N) is 1. The monoisotopic (exact) mass is 240 g/mol. The molecule has 0 aliphatic heterocycles. The van der Waals surface area contributed by atoms with Crippen LogP contribution in [0, 0.1) is 11.8 Å². The molecule has 1 aliphatic carbocycles. The molecule has 1 saturated carbocycles. The van der Waals surface area contributed by atoms with Gasteiger partial charge >= 0.3 is 0 Å². The van der Waals surface area contributed by atoms with Gasteiger partial charge in [-0.2, -0.15) is 0 Å². The molecule has 1 heterocycles. The van der Waals surface area contributed by atoms with Crippen LogP contribution < -0.4 is 5.32 Å². The van der Waals surface area contributed by atoms with Gasteiger partial charge in [0.25, 0.3) is 0 Å². The molecule has 0 bridgehead atoms. The van der Waals surface area contributed by atoms with Crippen LogP contribution in [0.25, 0.3) is 0 Å². The third kappa shape index (κ3) is 2.81. The number of hydrogen-bond donors (Lipinski definition) is 2. The fraction of sp³-hybridized carbons (Fsp3) is 0.750. The second kappa shape index (κ2) is 5.75. The van der Waals surface area contributed by atoms with Crippen LogP contribution in [0.2, 0.25) is 0 Å². The summed E-state index contributed by atoms with van der Waals surface area (Å²) in [5, 5.41) is 14.9. The van der Waals surface area contributed by atoms with Crippen molar-refractivity contribution in [2.24, 2.45) is 11.8 Å².